The lowest BCUT2D eigenvalue weighted by molar-refractivity contribution is 0.265. The second-order valence-corrected chi connectivity index (χ2v) is 4.87. The third-order valence-corrected chi connectivity index (χ3v) is 3.76. The van der Waals surface area contributed by atoms with E-state index >= 15 is 0 Å². The van der Waals surface area contributed by atoms with Crippen molar-refractivity contribution < 1.29 is 4.39 Å². The molecule has 1 saturated carbocycles. The van der Waals surface area contributed by atoms with Gasteiger partial charge in [0.1, 0.15) is 5.82 Å². The maximum absolute atomic E-state index is 13.2. The molecule has 1 fully saturated rings. The van der Waals surface area contributed by atoms with Crippen LogP contribution in [0.3, 0.4) is 0 Å². The molecule has 1 aromatic rings. The van der Waals surface area contributed by atoms with Crippen LogP contribution in [0.2, 0.25) is 0 Å². The first-order valence-electron chi connectivity index (χ1n) is 6.14. The van der Waals surface area contributed by atoms with E-state index in [0.717, 1.165) is 17.9 Å². The zero-order chi connectivity index (χ0) is 11.5. The first-order chi connectivity index (χ1) is 7.70. The van der Waals surface area contributed by atoms with Gasteiger partial charge in [-0.2, -0.15) is 0 Å². The molecule has 1 nitrogen and oxygen atoms in total. The molecule has 1 N–H and O–H groups in total. The van der Waals surface area contributed by atoms with E-state index in [-0.39, 0.29) is 5.82 Å². The molecule has 0 radical (unpaired) electrons. The Labute approximate surface area is 97.1 Å². The summed E-state index contributed by atoms with van der Waals surface area (Å²) in [5, 5.41) is 3.32. The van der Waals surface area contributed by atoms with Crippen molar-refractivity contribution in [2.45, 2.75) is 38.6 Å². The van der Waals surface area contributed by atoms with Gasteiger partial charge in [0.05, 0.1) is 0 Å². The molecule has 88 valence electrons. The summed E-state index contributed by atoms with van der Waals surface area (Å²) in [5.74, 6) is 0.703. The minimum Gasteiger partial charge on any atom is -0.313 e. The lowest BCUT2D eigenvalue weighted by atomic mass is 9.79. The fraction of sp³-hybridized carbons (Fsp3) is 0.571. The van der Waals surface area contributed by atoms with Crippen LogP contribution in [0.1, 0.15) is 42.9 Å². The first-order valence-corrected chi connectivity index (χ1v) is 6.14. The Morgan fingerprint density at radius 1 is 1.44 bits per heavy atom. The predicted molar refractivity (Wildman–Crippen MR) is 64.9 cm³/mol. The molecule has 0 saturated heterocycles. The third-order valence-electron chi connectivity index (χ3n) is 3.76. The summed E-state index contributed by atoms with van der Waals surface area (Å²) in [4.78, 5) is 0. The summed E-state index contributed by atoms with van der Waals surface area (Å²) in [5.41, 5.74) is 2.30. The number of aryl methyl sites for hydroxylation is 1. The quantitative estimate of drug-likeness (QED) is 0.819. The van der Waals surface area contributed by atoms with E-state index in [0.29, 0.717) is 6.04 Å². The molecule has 2 heteroatoms. The normalized spacial score (nSPS) is 18.2. The Balaban J connectivity index is 2.14. The van der Waals surface area contributed by atoms with Gasteiger partial charge in [-0.05, 0) is 49.6 Å². The van der Waals surface area contributed by atoms with Gasteiger partial charge in [0, 0.05) is 6.04 Å². The number of nitrogens with one attached hydrogen (secondary N) is 1. The zero-order valence-corrected chi connectivity index (χ0v) is 10.1. The van der Waals surface area contributed by atoms with E-state index in [1.54, 1.807) is 6.07 Å². The van der Waals surface area contributed by atoms with Crippen molar-refractivity contribution in [1.29, 1.82) is 0 Å². The standard InChI is InChI=1S/C14H20FN/c1-10-6-7-12(15)9-13(10)14(16-2)8-11-4-3-5-11/h6-7,9,11,14,16H,3-5,8H2,1-2H3. The lowest BCUT2D eigenvalue weighted by Gasteiger charge is -2.30. The van der Waals surface area contributed by atoms with E-state index in [1.807, 2.05) is 13.1 Å². The minimum atomic E-state index is -0.130. The number of halogens is 1. The highest BCUT2D eigenvalue weighted by Gasteiger charge is 2.23. The van der Waals surface area contributed by atoms with Crippen LogP contribution < -0.4 is 5.32 Å². The molecule has 16 heavy (non-hydrogen) atoms. The van der Waals surface area contributed by atoms with Gasteiger partial charge >= 0.3 is 0 Å². The van der Waals surface area contributed by atoms with Crippen molar-refractivity contribution in [2.24, 2.45) is 5.92 Å². The molecular formula is C14H20FN. The summed E-state index contributed by atoms with van der Waals surface area (Å²) >= 11 is 0. The second-order valence-electron chi connectivity index (χ2n) is 4.87. The molecule has 1 unspecified atom stereocenters. The Kier molecular flexibility index (Phi) is 3.59. The molecule has 0 heterocycles. The summed E-state index contributed by atoms with van der Waals surface area (Å²) in [6, 6.07) is 5.39. The molecule has 1 aliphatic rings. The molecule has 0 bridgehead atoms. The minimum absolute atomic E-state index is 0.130. The molecule has 0 aromatic heterocycles. The Morgan fingerprint density at radius 3 is 2.75 bits per heavy atom. The first kappa shape index (κ1) is 11.6. The average molecular weight is 221 g/mol. The molecule has 0 amide bonds. The molecule has 1 aliphatic carbocycles. The van der Waals surface area contributed by atoms with Crippen molar-refractivity contribution >= 4 is 0 Å². The molecule has 1 aromatic carbocycles. The fourth-order valence-corrected chi connectivity index (χ4v) is 2.45. The van der Waals surface area contributed by atoms with Crippen LogP contribution in [0.5, 0.6) is 0 Å². The molecule has 2 rings (SSSR count). The van der Waals surface area contributed by atoms with Gasteiger partial charge in [0.15, 0.2) is 0 Å². The average Bonchev–Trinajstić information content (AvgIpc) is 2.21. The van der Waals surface area contributed by atoms with Crippen LogP contribution in [-0.2, 0) is 0 Å². The van der Waals surface area contributed by atoms with Crippen LogP contribution >= 0.6 is 0 Å². The van der Waals surface area contributed by atoms with Crippen molar-refractivity contribution in [3.8, 4) is 0 Å². The lowest BCUT2D eigenvalue weighted by Crippen LogP contribution is -2.23. The number of benzene rings is 1. The van der Waals surface area contributed by atoms with Gasteiger partial charge in [-0.25, -0.2) is 4.39 Å². The molecule has 0 aliphatic heterocycles. The molecular weight excluding hydrogens is 201 g/mol. The number of hydrogen-bond acceptors (Lipinski definition) is 1. The smallest absolute Gasteiger partial charge is 0.123 e. The highest BCUT2D eigenvalue weighted by atomic mass is 19.1. The van der Waals surface area contributed by atoms with Gasteiger partial charge in [0.2, 0.25) is 0 Å². The fourth-order valence-electron chi connectivity index (χ4n) is 2.45. The summed E-state index contributed by atoms with van der Waals surface area (Å²) in [7, 11) is 1.97. The maximum Gasteiger partial charge on any atom is 0.123 e. The van der Waals surface area contributed by atoms with Crippen molar-refractivity contribution in [3.63, 3.8) is 0 Å². The van der Waals surface area contributed by atoms with Crippen LogP contribution in [0.4, 0.5) is 4.39 Å². The van der Waals surface area contributed by atoms with E-state index in [4.69, 9.17) is 0 Å². The Bertz CT molecular complexity index is 358. The largest absolute Gasteiger partial charge is 0.313 e. The Morgan fingerprint density at radius 2 is 2.19 bits per heavy atom. The maximum atomic E-state index is 13.2. The molecule has 1 atom stereocenters. The van der Waals surface area contributed by atoms with Crippen molar-refractivity contribution in [3.05, 3.63) is 35.1 Å². The molecule has 0 spiro atoms. The van der Waals surface area contributed by atoms with E-state index < -0.39 is 0 Å². The third kappa shape index (κ3) is 2.43. The van der Waals surface area contributed by atoms with Gasteiger partial charge in [0.25, 0.3) is 0 Å². The van der Waals surface area contributed by atoms with Gasteiger partial charge in [-0.15, -0.1) is 0 Å². The summed E-state index contributed by atoms with van der Waals surface area (Å²) < 4.78 is 13.2. The highest BCUT2D eigenvalue weighted by Crippen LogP contribution is 2.35. The van der Waals surface area contributed by atoms with Gasteiger partial charge < -0.3 is 5.32 Å². The predicted octanol–water partition coefficient (Wildman–Crippen LogP) is 3.58. The van der Waals surface area contributed by atoms with Crippen LogP contribution in [0, 0.1) is 18.7 Å². The summed E-state index contributed by atoms with van der Waals surface area (Å²) in [6.07, 6.45) is 5.18. The monoisotopic (exact) mass is 221 g/mol. The van der Waals surface area contributed by atoms with Crippen LogP contribution in [-0.4, -0.2) is 7.05 Å². The van der Waals surface area contributed by atoms with Gasteiger partial charge in [-0.3, -0.25) is 0 Å². The van der Waals surface area contributed by atoms with Crippen LogP contribution in [0.25, 0.3) is 0 Å². The SMILES string of the molecule is CNC(CC1CCC1)c1cc(F)ccc1C. The second kappa shape index (κ2) is 4.96. The van der Waals surface area contributed by atoms with E-state index in [9.17, 15) is 4.39 Å². The highest BCUT2D eigenvalue weighted by molar-refractivity contribution is 5.29. The number of rotatable bonds is 4. The number of hydrogen-bond donors (Lipinski definition) is 1. The van der Waals surface area contributed by atoms with Gasteiger partial charge in [-0.1, -0.05) is 25.3 Å². The van der Waals surface area contributed by atoms with E-state index in [2.05, 4.69) is 12.2 Å². The van der Waals surface area contributed by atoms with Crippen molar-refractivity contribution in [1.82, 2.24) is 5.32 Å². The zero-order valence-electron chi connectivity index (χ0n) is 10.1. The van der Waals surface area contributed by atoms with Crippen molar-refractivity contribution in [2.75, 3.05) is 7.05 Å². The topological polar surface area (TPSA) is 12.0 Å². The summed E-state index contributed by atoms with van der Waals surface area (Å²) in [6.45, 7) is 2.06. The van der Waals surface area contributed by atoms with Crippen LogP contribution in [0.15, 0.2) is 18.2 Å². The Hall–Kier alpha value is -0.890. The van der Waals surface area contributed by atoms with E-state index in [1.165, 1.54) is 30.9 Å².